The summed E-state index contributed by atoms with van der Waals surface area (Å²) in [6.45, 7) is 6.78. The van der Waals surface area contributed by atoms with Crippen LogP contribution in [-0.4, -0.2) is 82.4 Å². The van der Waals surface area contributed by atoms with Crippen molar-refractivity contribution < 1.29 is 17.9 Å². The second-order valence-corrected chi connectivity index (χ2v) is 8.96. The van der Waals surface area contributed by atoms with Crippen LogP contribution in [0.5, 0.6) is 5.75 Å². The standard InChI is InChI=1S/C19H32N4O4S/c1-16(2)27-13-14-28(24,25)23-11-9-22(10-12-23)19(20-3)21-15-17-5-7-18(26-4)8-6-17/h5-8,16H,9-15H2,1-4H3,(H,20,21). The highest BCUT2D eigenvalue weighted by molar-refractivity contribution is 7.89. The van der Waals surface area contributed by atoms with E-state index in [2.05, 4.69) is 15.2 Å². The molecule has 1 aliphatic rings. The van der Waals surface area contributed by atoms with Crippen molar-refractivity contribution in [2.24, 2.45) is 4.99 Å². The van der Waals surface area contributed by atoms with Crippen molar-refractivity contribution in [3.05, 3.63) is 29.8 Å². The second-order valence-electron chi connectivity index (χ2n) is 6.87. The Bertz CT molecular complexity index is 727. The fourth-order valence-electron chi connectivity index (χ4n) is 2.95. The average molecular weight is 413 g/mol. The number of sulfonamides is 1. The molecule has 2 rings (SSSR count). The summed E-state index contributed by atoms with van der Waals surface area (Å²) < 4.78 is 37.0. The summed E-state index contributed by atoms with van der Waals surface area (Å²) in [6.07, 6.45) is 0.0344. The second kappa shape index (κ2) is 10.6. The van der Waals surface area contributed by atoms with Crippen LogP contribution < -0.4 is 10.1 Å². The van der Waals surface area contributed by atoms with Crippen molar-refractivity contribution in [3.8, 4) is 5.75 Å². The van der Waals surface area contributed by atoms with Gasteiger partial charge in [-0.3, -0.25) is 4.99 Å². The van der Waals surface area contributed by atoms with Crippen LogP contribution in [0, 0.1) is 0 Å². The monoisotopic (exact) mass is 412 g/mol. The van der Waals surface area contributed by atoms with Gasteiger partial charge in [-0.15, -0.1) is 0 Å². The van der Waals surface area contributed by atoms with Crippen molar-refractivity contribution in [1.29, 1.82) is 0 Å². The van der Waals surface area contributed by atoms with Crippen LogP contribution in [0.1, 0.15) is 19.4 Å². The molecule has 0 amide bonds. The Morgan fingerprint density at radius 2 is 1.82 bits per heavy atom. The number of guanidine groups is 1. The first-order valence-corrected chi connectivity index (χ1v) is 11.1. The molecule has 0 spiro atoms. The summed E-state index contributed by atoms with van der Waals surface area (Å²) in [7, 11) is 0.0967. The van der Waals surface area contributed by atoms with Gasteiger partial charge in [0.25, 0.3) is 0 Å². The van der Waals surface area contributed by atoms with Gasteiger partial charge >= 0.3 is 0 Å². The first-order valence-electron chi connectivity index (χ1n) is 9.53. The van der Waals surface area contributed by atoms with E-state index in [1.807, 2.05) is 38.1 Å². The number of piperazine rings is 1. The fourth-order valence-corrected chi connectivity index (χ4v) is 4.24. The Kier molecular flexibility index (Phi) is 8.53. The summed E-state index contributed by atoms with van der Waals surface area (Å²) in [5, 5.41) is 3.34. The van der Waals surface area contributed by atoms with E-state index in [9.17, 15) is 8.42 Å². The Morgan fingerprint density at radius 3 is 2.36 bits per heavy atom. The molecular weight excluding hydrogens is 380 g/mol. The molecule has 8 nitrogen and oxygen atoms in total. The predicted octanol–water partition coefficient (Wildman–Crippen LogP) is 1.14. The average Bonchev–Trinajstić information content (AvgIpc) is 2.69. The Balaban J connectivity index is 1.82. The number of aliphatic imine (C=N–C) groups is 1. The van der Waals surface area contributed by atoms with Gasteiger partial charge < -0.3 is 19.7 Å². The van der Waals surface area contributed by atoms with E-state index >= 15 is 0 Å². The van der Waals surface area contributed by atoms with Crippen LogP contribution in [0.25, 0.3) is 0 Å². The lowest BCUT2D eigenvalue weighted by atomic mass is 10.2. The largest absolute Gasteiger partial charge is 0.497 e. The maximum atomic E-state index is 12.4. The topological polar surface area (TPSA) is 83.5 Å². The minimum atomic E-state index is -3.29. The number of nitrogens with one attached hydrogen (secondary N) is 1. The van der Waals surface area contributed by atoms with Crippen molar-refractivity contribution >= 4 is 16.0 Å². The molecule has 1 N–H and O–H groups in total. The van der Waals surface area contributed by atoms with E-state index in [-0.39, 0.29) is 18.5 Å². The maximum Gasteiger partial charge on any atom is 0.216 e. The number of benzene rings is 1. The Labute approximate surface area is 168 Å². The van der Waals surface area contributed by atoms with Gasteiger partial charge in [-0.2, -0.15) is 4.31 Å². The summed E-state index contributed by atoms with van der Waals surface area (Å²) in [6, 6.07) is 7.85. The zero-order chi connectivity index (χ0) is 20.6. The molecule has 1 heterocycles. The maximum absolute atomic E-state index is 12.4. The summed E-state index contributed by atoms with van der Waals surface area (Å²) in [5.74, 6) is 1.62. The van der Waals surface area contributed by atoms with Crippen LogP contribution in [0.4, 0.5) is 0 Å². The molecular formula is C19H32N4O4S. The predicted molar refractivity (Wildman–Crippen MR) is 111 cm³/mol. The van der Waals surface area contributed by atoms with Crippen molar-refractivity contribution in [2.75, 3.05) is 52.7 Å². The zero-order valence-corrected chi connectivity index (χ0v) is 18.0. The number of methoxy groups -OCH3 is 1. The smallest absolute Gasteiger partial charge is 0.216 e. The lowest BCUT2D eigenvalue weighted by molar-refractivity contribution is 0.0904. The normalized spacial score (nSPS) is 16.5. The molecule has 0 aliphatic carbocycles. The Hall–Kier alpha value is -1.84. The molecule has 0 radical (unpaired) electrons. The number of hydrogen-bond donors (Lipinski definition) is 1. The van der Waals surface area contributed by atoms with E-state index in [1.54, 1.807) is 18.5 Å². The first-order chi connectivity index (χ1) is 13.4. The molecule has 0 saturated carbocycles. The first kappa shape index (κ1) is 22.4. The molecule has 1 aliphatic heterocycles. The van der Waals surface area contributed by atoms with Gasteiger partial charge in [0.1, 0.15) is 5.75 Å². The van der Waals surface area contributed by atoms with Crippen molar-refractivity contribution in [1.82, 2.24) is 14.5 Å². The van der Waals surface area contributed by atoms with E-state index in [0.717, 1.165) is 17.3 Å². The summed E-state index contributed by atoms with van der Waals surface area (Å²) in [4.78, 5) is 6.42. The van der Waals surface area contributed by atoms with Crippen molar-refractivity contribution in [3.63, 3.8) is 0 Å². The van der Waals surface area contributed by atoms with Gasteiger partial charge in [-0.1, -0.05) is 12.1 Å². The quantitative estimate of drug-likeness (QED) is 0.509. The molecule has 1 fully saturated rings. The third kappa shape index (κ3) is 6.65. The minimum absolute atomic E-state index is 0.0234. The highest BCUT2D eigenvalue weighted by Gasteiger charge is 2.27. The molecule has 0 bridgehead atoms. The zero-order valence-electron chi connectivity index (χ0n) is 17.2. The third-order valence-corrected chi connectivity index (χ3v) is 6.38. The number of rotatable bonds is 8. The van der Waals surface area contributed by atoms with Crippen LogP contribution in [0.3, 0.4) is 0 Å². The van der Waals surface area contributed by atoms with E-state index in [4.69, 9.17) is 9.47 Å². The Morgan fingerprint density at radius 1 is 1.18 bits per heavy atom. The number of nitrogens with zero attached hydrogens (tertiary/aromatic N) is 3. The van der Waals surface area contributed by atoms with E-state index in [0.29, 0.717) is 32.7 Å². The molecule has 158 valence electrons. The third-order valence-electron chi connectivity index (χ3n) is 4.55. The number of ether oxygens (including phenoxy) is 2. The van der Waals surface area contributed by atoms with Gasteiger partial charge in [-0.25, -0.2) is 8.42 Å². The summed E-state index contributed by atoms with van der Waals surface area (Å²) >= 11 is 0. The van der Waals surface area contributed by atoms with Crippen LogP contribution in [-0.2, 0) is 21.3 Å². The SMILES string of the molecule is CN=C(NCc1ccc(OC)cc1)N1CCN(S(=O)(=O)CCOC(C)C)CC1. The molecule has 0 atom stereocenters. The van der Waals surface area contributed by atoms with Gasteiger partial charge in [0.05, 0.1) is 25.6 Å². The number of hydrogen-bond acceptors (Lipinski definition) is 5. The van der Waals surface area contributed by atoms with Crippen molar-refractivity contribution in [2.45, 2.75) is 26.5 Å². The van der Waals surface area contributed by atoms with Crippen LogP contribution in [0.15, 0.2) is 29.3 Å². The van der Waals surface area contributed by atoms with Gasteiger partial charge in [0.2, 0.25) is 10.0 Å². The minimum Gasteiger partial charge on any atom is -0.497 e. The van der Waals surface area contributed by atoms with E-state index < -0.39 is 10.0 Å². The highest BCUT2D eigenvalue weighted by atomic mass is 32.2. The summed E-state index contributed by atoms with van der Waals surface area (Å²) in [5.41, 5.74) is 1.12. The van der Waals surface area contributed by atoms with Gasteiger partial charge in [0.15, 0.2) is 5.96 Å². The molecule has 1 saturated heterocycles. The molecule has 9 heteroatoms. The molecule has 1 aromatic carbocycles. The highest BCUT2D eigenvalue weighted by Crippen LogP contribution is 2.12. The van der Waals surface area contributed by atoms with Gasteiger partial charge in [0, 0.05) is 39.8 Å². The van der Waals surface area contributed by atoms with E-state index in [1.165, 1.54) is 0 Å². The molecule has 28 heavy (non-hydrogen) atoms. The van der Waals surface area contributed by atoms with Crippen LogP contribution >= 0.6 is 0 Å². The van der Waals surface area contributed by atoms with Crippen LogP contribution in [0.2, 0.25) is 0 Å². The molecule has 0 aromatic heterocycles. The van der Waals surface area contributed by atoms with Gasteiger partial charge in [-0.05, 0) is 31.5 Å². The molecule has 1 aromatic rings. The lowest BCUT2D eigenvalue weighted by Gasteiger charge is -2.35. The molecule has 0 unspecified atom stereocenters. The lowest BCUT2D eigenvalue weighted by Crippen LogP contribution is -2.54. The fraction of sp³-hybridized carbons (Fsp3) is 0.632.